The number of nitrogens with one attached hydrogen (secondary N) is 1. The van der Waals surface area contributed by atoms with Gasteiger partial charge in [-0.3, -0.25) is 9.88 Å². The molecule has 3 atom stereocenters. The van der Waals surface area contributed by atoms with Crippen LogP contribution in [0.2, 0.25) is 0 Å². The van der Waals surface area contributed by atoms with Crippen molar-refractivity contribution >= 4 is 42.5 Å². The van der Waals surface area contributed by atoms with E-state index in [0.29, 0.717) is 18.5 Å². The zero-order valence-corrected chi connectivity index (χ0v) is 30.2. The van der Waals surface area contributed by atoms with E-state index < -0.39 is 16.3 Å². The molecule has 0 saturated carbocycles. The van der Waals surface area contributed by atoms with Gasteiger partial charge in [0.05, 0.1) is 24.3 Å². The van der Waals surface area contributed by atoms with Gasteiger partial charge in [-0.1, -0.05) is 115 Å². The molecule has 1 unspecified atom stereocenters. The predicted octanol–water partition coefficient (Wildman–Crippen LogP) is 8.19. The number of nitrogens with zero attached hydrogens (tertiary/aromatic N) is 2. The molecule has 0 spiro atoms. The molecule has 8 rings (SSSR count). The lowest BCUT2D eigenvalue weighted by Crippen LogP contribution is -2.37. The molecule has 0 radical (unpaired) electrons. The van der Waals surface area contributed by atoms with Crippen LogP contribution in [-0.4, -0.2) is 43.1 Å². The third-order valence-corrected chi connectivity index (χ3v) is 11.5. The van der Waals surface area contributed by atoms with Crippen LogP contribution in [0.4, 0.5) is 0 Å². The molecule has 2 N–H and O–H groups in total. The quantitative estimate of drug-likeness (QED) is 0.130. The number of rotatable bonds is 11. The zero-order valence-electron chi connectivity index (χ0n) is 29.4. The topological polar surface area (TPSA) is 101 Å². The van der Waals surface area contributed by atoms with Gasteiger partial charge in [-0.05, 0) is 69.0 Å². The molecule has 2 heterocycles. The molecule has 1 saturated heterocycles. The van der Waals surface area contributed by atoms with Gasteiger partial charge in [-0.2, -0.15) is 0 Å². The fraction of sp³-hybridized carbons (Fsp3) is 0.205. The minimum atomic E-state index is -3.81. The number of sulfonamides is 1. The molecule has 53 heavy (non-hydrogen) atoms. The summed E-state index contributed by atoms with van der Waals surface area (Å²) in [4.78, 5) is 6.79. The third kappa shape index (κ3) is 7.59. The largest absolute Gasteiger partial charge is 0.392 e. The summed E-state index contributed by atoms with van der Waals surface area (Å²) >= 11 is 0. The van der Waals surface area contributed by atoms with Crippen LogP contribution in [0.1, 0.15) is 46.6 Å². The summed E-state index contributed by atoms with van der Waals surface area (Å²) in [5, 5.41) is 15.4. The number of aliphatic hydroxyl groups is 1. The first-order valence-electron chi connectivity index (χ1n) is 17.9. The summed E-state index contributed by atoms with van der Waals surface area (Å²) in [5.74, 6) is 0. The fourth-order valence-corrected chi connectivity index (χ4v) is 8.53. The number of aliphatic hydroxyl groups excluding tert-OH is 1. The maximum atomic E-state index is 13.3. The van der Waals surface area contributed by atoms with Crippen LogP contribution in [0.3, 0.4) is 0 Å². The average Bonchev–Trinajstić information content (AvgIpc) is 3.20. The molecular weight excluding hydrogens is 683 g/mol. The summed E-state index contributed by atoms with van der Waals surface area (Å²) in [6, 6.07) is 43.7. The Bertz CT molecular complexity index is 2430. The first kappa shape index (κ1) is 35.1. The Morgan fingerprint density at radius 3 is 2.11 bits per heavy atom. The molecular formula is C44H41N3O5S. The predicted molar refractivity (Wildman–Crippen MR) is 208 cm³/mol. The SMILES string of the molecule is CN(Cc1c2ccccc2cc2ccccc12)C[C@@H]1C[C@H](c2ccc(CO)cc2)OC(c2ccc(CNS(=O)(=O)c3cccc4cccnc34)cc2)O1. The summed E-state index contributed by atoms with van der Waals surface area (Å²) < 4.78 is 42.6. The van der Waals surface area contributed by atoms with Gasteiger partial charge in [0, 0.05) is 43.2 Å². The molecule has 6 aromatic carbocycles. The molecule has 1 aromatic heterocycles. The zero-order chi connectivity index (χ0) is 36.4. The summed E-state index contributed by atoms with van der Waals surface area (Å²) in [6.45, 7) is 1.54. The van der Waals surface area contributed by atoms with E-state index in [4.69, 9.17) is 9.47 Å². The van der Waals surface area contributed by atoms with Crippen molar-refractivity contribution in [1.29, 1.82) is 0 Å². The Balaban J connectivity index is 1.01. The summed E-state index contributed by atoms with van der Waals surface area (Å²) in [6.07, 6.45) is 1.27. The summed E-state index contributed by atoms with van der Waals surface area (Å²) in [7, 11) is -1.67. The fourth-order valence-electron chi connectivity index (χ4n) is 7.34. The van der Waals surface area contributed by atoms with Crippen LogP contribution in [0.25, 0.3) is 32.4 Å². The van der Waals surface area contributed by atoms with Crippen LogP contribution in [-0.2, 0) is 39.2 Å². The Morgan fingerprint density at radius 2 is 1.40 bits per heavy atom. The van der Waals surface area contributed by atoms with Crippen molar-refractivity contribution in [3.63, 3.8) is 0 Å². The van der Waals surface area contributed by atoms with Crippen molar-refractivity contribution in [3.8, 4) is 0 Å². The van der Waals surface area contributed by atoms with Gasteiger partial charge >= 0.3 is 0 Å². The van der Waals surface area contributed by atoms with Gasteiger partial charge in [-0.25, -0.2) is 13.1 Å². The van der Waals surface area contributed by atoms with E-state index in [9.17, 15) is 13.5 Å². The first-order valence-corrected chi connectivity index (χ1v) is 19.3. The van der Waals surface area contributed by atoms with Gasteiger partial charge in [0.2, 0.25) is 10.0 Å². The van der Waals surface area contributed by atoms with Gasteiger partial charge in [0.1, 0.15) is 4.90 Å². The van der Waals surface area contributed by atoms with Crippen molar-refractivity contribution in [2.24, 2.45) is 0 Å². The minimum absolute atomic E-state index is 0.0187. The average molecular weight is 724 g/mol. The van der Waals surface area contributed by atoms with E-state index in [-0.39, 0.29) is 30.3 Å². The highest BCUT2D eigenvalue weighted by Crippen LogP contribution is 2.39. The minimum Gasteiger partial charge on any atom is -0.392 e. The molecule has 0 aliphatic carbocycles. The number of likely N-dealkylation sites (N-methyl/N-ethyl adjacent to an activating group) is 1. The molecule has 0 amide bonds. The molecule has 8 nitrogen and oxygen atoms in total. The highest BCUT2D eigenvalue weighted by Gasteiger charge is 2.33. The maximum Gasteiger partial charge on any atom is 0.243 e. The van der Waals surface area contributed by atoms with Gasteiger partial charge in [0.15, 0.2) is 6.29 Å². The number of ether oxygens (including phenoxy) is 2. The first-order chi connectivity index (χ1) is 25.8. The third-order valence-electron chi connectivity index (χ3n) is 10.0. The number of pyridine rings is 1. The molecule has 1 aliphatic heterocycles. The van der Waals surface area contributed by atoms with Crippen LogP contribution in [0, 0.1) is 0 Å². The van der Waals surface area contributed by atoms with Crippen LogP contribution < -0.4 is 4.72 Å². The monoisotopic (exact) mass is 723 g/mol. The molecule has 7 aromatic rings. The van der Waals surface area contributed by atoms with E-state index in [1.54, 1.807) is 24.4 Å². The Kier molecular flexibility index (Phi) is 10.0. The molecule has 0 bridgehead atoms. The van der Waals surface area contributed by atoms with E-state index in [1.807, 2.05) is 60.7 Å². The lowest BCUT2D eigenvalue weighted by atomic mass is 9.96. The number of fused-ring (bicyclic) bond motifs is 3. The Hall–Kier alpha value is -5.00. The number of hydrogen-bond acceptors (Lipinski definition) is 7. The second-order valence-corrected chi connectivity index (χ2v) is 15.5. The highest BCUT2D eigenvalue weighted by molar-refractivity contribution is 7.89. The van der Waals surface area contributed by atoms with Crippen LogP contribution in [0.15, 0.2) is 145 Å². The second-order valence-electron chi connectivity index (χ2n) is 13.7. The number of para-hydroxylation sites is 1. The second kappa shape index (κ2) is 15.2. The molecule has 268 valence electrons. The lowest BCUT2D eigenvalue weighted by molar-refractivity contribution is -0.252. The van der Waals surface area contributed by atoms with Gasteiger partial charge in [0.25, 0.3) is 0 Å². The van der Waals surface area contributed by atoms with Gasteiger partial charge in [-0.15, -0.1) is 0 Å². The number of benzene rings is 6. The van der Waals surface area contributed by atoms with Crippen LogP contribution >= 0.6 is 0 Å². The van der Waals surface area contributed by atoms with Crippen molar-refractivity contribution in [1.82, 2.24) is 14.6 Å². The van der Waals surface area contributed by atoms with Crippen LogP contribution in [0.5, 0.6) is 0 Å². The lowest BCUT2D eigenvalue weighted by Gasteiger charge is -2.38. The van der Waals surface area contributed by atoms with Crippen molar-refractivity contribution < 1.29 is 23.0 Å². The molecule has 1 fully saturated rings. The number of aromatic nitrogens is 1. The standard InChI is InChI=1S/C44H41N3O5S/c1-47(28-40-38-12-4-2-8-35(38)24-36-9-3-5-13-39(36)40)27-37-25-41(32-19-17-31(29-48)18-20-32)52-44(51-37)34-21-15-30(16-22-34)26-46-53(49,50)42-14-6-10-33-11-7-23-45-43(33)42/h2-24,37,41,44,46,48H,25-29H2,1H3/t37-,41+,44?/m0/s1. The normalized spacial score (nSPS) is 17.9. The Morgan fingerprint density at radius 1 is 0.755 bits per heavy atom. The van der Waals surface area contributed by atoms with Crippen molar-refractivity contribution in [2.45, 2.75) is 49.5 Å². The van der Waals surface area contributed by atoms with E-state index >= 15 is 0 Å². The van der Waals surface area contributed by atoms with Crippen molar-refractivity contribution in [2.75, 3.05) is 13.6 Å². The summed E-state index contributed by atoms with van der Waals surface area (Å²) in [5.41, 5.74) is 5.26. The molecule has 1 aliphatic rings. The van der Waals surface area contributed by atoms with Gasteiger partial charge < -0.3 is 14.6 Å². The van der Waals surface area contributed by atoms with E-state index in [1.165, 1.54) is 27.1 Å². The Labute approximate surface area is 309 Å². The number of hydrogen-bond donors (Lipinski definition) is 2. The molecule has 9 heteroatoms. The van der Waals surface area contributed by atoms with Crippen molar-refractivity contribution in [3.05, 3.63) is 167 Å². The smallest absolute Gasteiger partial charge is 0.243 e. The maximum absolute atomic E-state index is 13.3. The van der Waals surface area contributed by atoms with E-state index in [0.717, 1.165) is 34.2 Å². The highest BCUT2D eigenvalue weighted by atomic mass is 32.2. The van der Waals surface area contributed by atoms with E-state index in [2.05, 4.69) is 76.3 Å².